The average Bonchev–Trinajstić information content (AvgIpc) is 2.82. The highest BCUT2D eigenvalue weighted by molar-refractivity contribution is 7.92. The van der Waals surface area contributed by atoms with Crippen molar-refractivity contribution >= 4 is 27.5 Å². The van der Waals surface area contributed by atoms with E-state index in [-0.39, 0.29) is 30.8 Å². The quantitative estimate of drug-likeness (QED) is 0.423. The molecule has 2 aromatic rings. The van der Waals surface area contributed by atoms with Crippen molar-refractivity contribution in [2.24, 2.45) is 0 Å². The molecule has 0 aliphatic heterocycles. The number of aryl methyl sites for hydroxylation is 2. The molecule has 0 aliphatic rings. The van der Waals surface area contributed by atoms with Gasteiger partial charge in [-0.15, -0.1) is 0 Å². The molecule has 0 saturated carbocycles. The van der Waals surface area contributed by atoms with Crippen molar-refractivity contribution in [1.82, 2.24) is 10.2 Å². The first-order valence-electron chi connectivity index (χ1n) is 12.7. The molecule has 198 valence electrons. The summed E-state index contributed by atoms with van der Waals surface area (Å²) < 4.78 is 26.2. The molecule has 2 atom stereocenters. The van der Waals surface area contributed by atoms with Gasteiger partial charge in [-0.2, -0.15) is 0 Å². The van der Waals surface area contributed by atoms with Crippen LogP contribution in [0.25, 0.3) is 0 Å². The number of rotatable bonds is 13. The molecule has 2 amide bonds. The van der Waals surface area contributed by atoms with Gasteiger partial charge in [-0.25, -0.2) is 8.42 Å². The van der Waals surface area contributed by atoms with Gasteiger partial charge in [0.05, 0.1) is 11.9 Å². The minimum atomic E-state index is -3.51. The highest BCUT2D eigenvalue weighted by Gasteiger charge is 2.29. The first kappa shape index (κ1) is 29.4. The van der Waals surface area contributed by atoms with Crippen LogP contribution in [0.1, 0.15) is 63.1 Å². The van der Waals surface area contributed by atoms with E-state index < -0.39 is 16.1 Å². The van der Waals surface area contributed by atoms with Crippen LogP contribution >= 0.6 is 0 Å². The van der Waals surface area contributed by atoms with E-state index >= 15 is 0 Å². The van der Waals surface area contributed by atoms with E-state index in [9.17, 15) is 18.0 Å². The van der Waals surface area contributed by atoms with Crippen LogP contribution < -0.4 is 9.62 Å². The summed E-state index contributed by atoms with van der Waals surface area (Å²) in [6.07, 6.45) is 2.93. The maximum Gasteiger partial charge on any atom is 0.243 e. The van der Waals surface area contributed by atoms with Gasteiger partial charge in [0, 0.05) is 25.6 Å². The molecule has 0 radical (unpaired) electrons. The number of anilines is 1. The summed E-state index contributed by atoms with van der Waals surface area (Å²) in [6.45, 7) is 10.3. The molecule has 7 nitrogen and oxygen atoms in total. The molecule has 0 spiro atoms. The summed E-state index contributed by atoms with van der Waals surface area (Å²) in [5.74, 6) is -0.330. The summed E-state index contributed by atoms with van der Waals surface area (Å²) >= 11 is 0. The van der Waals surface area contributed by atoms with Crippen LogP contribution in [0.5, 0.6) is 0 Å². The highest BCUT2D eigenvalue weighted by atomic mass is 32.2. The third-order valence-electron chi connectivity index (χ3n) is 6.33. The third-order valence-corrected chi connectivity index (χ3v) is 7.53. The number of nitrogens with one attached hydrogen (secondary N) is 1. The van der Waals surface area contributed by atoms with Gasteiger partial charge < -0.3 is 10.2 Å². The Morgan fingerprint density at radius 1 is 0.917 bits per heavy atom. The van der Waals surface area contributed by atoms with Crippen LogP contribution in [0.4, 0.5) is 5.69 Å². The standard InChI is InChI=1S/C28H41N3O4S/c1-7-23(5)29-28(33)26(8-2)30(20-24-15-11-21(3)12-16-24)27(32)10-9-19-31(36(6,34)35)25-17-13-22(4)14-18-25/h11-18,23,26H,7-10,19-20H2,1-6H3,(H,29,33). The Morgan fingerprint density at radius 2 is 1.47 bits per heavy atom. The van der Waals surface area contributed by atoms with E-state index in [4.69, 9.17) is 0 Å². The number of carbonyl (C=O) groups is 2. The Balaban J connectivity index is 2.21. The van der Waals surface area contributed by atoms with Crippen LogP contribution in [0.2, 0.25) is 0 Å². The second-order valence-electron chi connectivity index (χ2n) is 9.52. The molecule has 2 rings (SSSR count). The fraction of sp³-hybridized carbons (Fsp3) is 0.500. The third kappa shape index (κ3) is 8.66. The van der Waals surface area contributed by atoms with Crippen molar-refractivity contribution < 1.29 is 18.0 Å². The van der Waals surface area contributed by atoms with Gasteiger partial charge in [0.25, 0.3) is 0 Å². The number of hydrogen-bond acceptors (Lipinski definition) is 4. The summed E-state index contributed by atoms with van der Waals surface area (Å²) in [5, 5.41) is 3.01. The number of amides is 2. The van der Waals surface area contributed by atoms with Gasteiger partial charge in [-0.3, -0.25) is 13.9 Å². The molecule has 0 fully saturated rings. The molecule has 2 unspecified atom stereocenters. The van der Waals surface area contributed by atoms with Crippen LogP contribution in [-0.4, -0.2) is 50.0 Å². The van der Waals surface area contributed by atoms with E-state index in [2.05, 4.69) is 5.32 Å². The smallest absolute Gasteiger partial charge is 0.243 e. The Hall–Kier alpha value is -2.87. The number of nitrogens with zero attached hydrogens (tertiary/aromatic N) is 2. The fourth-order valence-electron chi connectivity index (χ4n) is 3.97. The van der Waals surface area contributed by atoms with E-state index in [0.29, 0.717) is 25.1 Å². The number of carbonyl (C=O) groups excluding carboxylic acids is 2. The Morgan fingerprint density at radius 3 is 1.97 bits per heavy atom. The predicted octanol–water partition coefficient (Wildman–Crippen LogP) is 4.57. The SMILES string of the molecule is CCC(C)NC(=O)C(CC)N(Cc1ccc(C)cc1)C(=O)CCCN(c1ccc(C)cc1)S(C)(=O)=O. The average molecular weight is 516 g/mol. The van der Waals surface area contributed by atoms with Gasteiger partial charge >= 0.3 is 0 Å². The molecule has 1 N–H and O–H groups in total. The first-order valence-corrected chi connectivity index (χ1v) is 14.5. The largest absolute Gasteiger partial charge is 0.352 e. The van der Waals surface area contributed by atoms with Gasteiger partial charge in [0.15, 0.2) is 0 Å². The maximum atomic E-state index is 13.5. The summed E-state index contributed by atoms with van der Waals surface area (Å²) in [6, 6.07) is 14.6. The molecule has 0 aliphatic carbocycles. The lowest BCUT2D eigenvalue weighted by Gasteiger charge is -2.32. The lowest BCUT2D eigenvalue weighted by molar-refractivity contribution is -0.141. The predicted molar refractivity (Wildman–Crippen MR) is 146 cm³/mol. The number of sulfonamides is 1. The summed E-state index contributed by atoms with van der Waals surface area (Å²) in [5.41, 5.74) is 3.68. The van der Waals surface area contributed by atoms with Crippen LogP contribution in [-0.2, 0) is 26.2 Å². The second-order valence-corrected chi connectivity index (χ2v) is 11.4. The molecule has 36 heavy (non-hydrogen) atoms. The monoisotopic (exact) mass is 515 g/mol. The van der Waals surface area contributed by atoms with Gasteiger partial charge in [0.1, 0.15) is 6.04 Å². The number of benzene rings is 2. The molecule has 0 heterocycles. The second kappa shape index (κ2) is 13.4. The van der Waals surface area contributed by atoms with Crippen molar-refractivity contribution in [2.45, 2.75) is 78.9 Å². The van der Waals surface area contributed by atoms with Crippen LogP contribution in [0, 0.1) is 13.8 Å². The molecule has 0 bridgehead atoms. The van der Waals surface area contributed by atoms with Gasteiger partial charge in [0.2, 0.25) is 21.8 Å². The zero-order valence-electron chi connectivity index (χ0n) is 22.5. The normalized spacial score (nSPS) is 13.1. The van der Waals surface area contributed by atoms with E-state index in [1.807, 2.05) is 71.0 Å². The van der Waals surface area contributed by atoms with Crippen molar-refractivity contribution in [2.75, 3.05) is 17.1 Å². The minimum absolute atomic E-state index is 0.0145. The molecular formula is C28H41N3O4S. The van der Waals surface area contributed by atoms with Crippen molar-refractivity contribution in [3.05, 3.63) is 65.2 Å². The zero-order chi connectivity index (χ0) is 26.9. The Kier molecular flexibility index (Phi) is 11.0. The lowest BCUT2D eigenvalue weighted by atomic mass is 10.1. The maximum absolute atomic E-state index is 13.5. The fourth-order valence-corrected chi connectivity index (χ4v) is 4.93. The zero-order valence-corrected chi connectivity index (χ0v) is 23.3. The van der Waals surface area contributed by atoms with Crippen molar-refractivity contribution in [3.63, 3.8) is 0 Å². The van der Waals surface area contributed by atoms with E-state index in [0.717, 1.165) is 23.1 Å². The molecule has 0 aromatic heterocycles. The summed E-state index contributed by atoms with van der Waals surface area (Å²) in [7, 11) is -3.51. The van der Waals surface area contributed by atoms with Gasteiger partial charge in [-0.1, -0.05) is 61.4 Å². The van der Waals surface area contributed by atoms with Crippen LogP contribution in [0.15, 0.2) is 48.5 Å². The van der Waals surface area contributed by atoms with Crippen molar-refractivity contribution in [3.8, 4) is 0 Å². The Bertz CT molecular complexity index is 1100. The lowest BCUT2D eigenvalue weighted by Crippen LogP contribution is -2.50. The van der Waals surface area contributed by atoms with Crippen molar-refractivity contribution in [1.29, 1.82) is 0 Å². The topological polar surface area (TPSA) is 86.8 Å². The molecule has 0 saturated heterocycles. The molecule has 8 heteroatoms. The Labute approximate surface area is 216 Å². The number of hydrogen-bond donors (Lipinski definition) is 1. The summed E-state index contributed by atoms with van der Waals surface area (Å²) in [4.78, 5) is 28.2. The minimum Gasteiger partial charge on any atom is -0.352 e. The van der Waals surface area contributed by atoms with E-state index in [1.54, 1.807) is 17.0 Å². The van der Waals surface area contributed by atoms with E-state index in [1.165, 1.54) is 10.6 Å². The molecule has 2 aromatic carbocycles. The highest BCUT2D eigenvalue weighted by Crippen LogP contribution is 2.20. The van der Waals surface area contributed by atoms with Crippen LogP contribution in [0.3, 0.4) is 0 Å². The molecular weight excluding hydrogens is 474 g/mol. The first-order chi connectivity index (χ1) is 17.0. The van der Waals surface area contributed by atoms with Gasteiger partial charge in [-0.05, 0) is 57.7 Å².